The Morgan fingerprint density at radius 3 is 2.62 bits per heavy atom. The fourth-order valence-corrected chi connectivity index (χ4v) is 3.58. The van der Waals surface area contributed by atoms with Crippen LogP contribution in [0, 0.1) is 6.92 Å². The minimum absolute atomic E-state index is 0.136. The zero-order chi connectivity index (χ0) is 18.9. The highest BCUT2D eigenvalue weighted by Crippen LogP contribution is 2.34. The Bertz CT molecular complexity index is 962. The van der Waals surface area contributed by atoms with Crippen LogP contribution < -0.4 is 19.1 Å². The van der Waals surface area contributed by atoms with Crippen LogP contribution in [-0.2, 0) is 14.8 Å². The maximum Gasteiger partial charge on any atom is 0.245 e. The molecular formula is C17H17BrN2O5S. The molecule has 1 aliphatic rings. The lowest BCUT2D eigenvalue weighted by atomic mass is 10.2. The van der Waals surface area contributed by atoms with Gasteiger partial charge in [0.15, 0.2) is 11.5 Å². The standard InChI is InChI=1S/C17H17BrN2O5S/c1-11-7-13(4-5-14(11)18)20(26(2,22)23)9-17(21)19-12-3-6-15-16(8-12)25-10-24-15/h3-8H,9-10H2,1-2H3,(H,19,21). The largest absolute Gasteiger partial charge is 0.454 e. The summed E-state index contributed by atoms with van der Waals surface area (Å²) in [5.74, 6) is 0.673. The zero-order valence-electron chi connectivity index (χ0n) is 14.2. The number of hydrogen-bond donors (Lipinski definition) is 1. The molecular weight excluding hydrogens is 424 g/mol. The van der Waals surface area contributed by atoms with E-state index in [1.165, 1.54) is 0 Å². The Hall–Kier alpha value is -2.26. The third kappa shape index (κ3) is 4.10. The van der Waals surface area contributed by atoms with E-state index in [4.69, 9.17) is 9.47 Å². The van der Waals surface area contributed by atoms with Gasteiger partial charge in [0.2, 0.25) is 22.7 Å². The predicted octanol–water partition coefficient (Wildman–Crippen LogP) is 2.89. The highest BCUT2D eigenvalue weighted by atomic mass is 79.9. The van der Waals surface area contributed by atoms with Crippen LogP contribution in [0.1, 0.15) is 5.56 Å². The summed E-state index contributed by atoms with van der Waals surface area (Å²) in [5, 5.41) is 2.68. The van der Waals surface area contributed by atoms with Gasteiger partial charge >= 0.3 is 0 Å². The number of ether oxygens (including phenoxy) is 2. The van der Waals surface area contributed by atoms with Crippen LogP contribution in [0.5, 0.6) is 11.5 Å². The summed E-state index contributed by atoms with van der Waals surface area (Å²) in [6, 6.07) is 10.1. The summed E-state index contributed by atoms with van der Waals surface area (Å²) < 4.78 is 36.7. The first-order valence-corrected chi connectivity index (χ1v) is 10.3. The van der Waals surface area contributed by atoms with E-state index in [0.29, 0.717) is 22.9 Å². The van der Waals surface area contributed by atoms with Crippen LogP contribution in [0.25, 0.3) is 0 Å². The number of rotatable bonds is 5. The van der Waals surface area contributed by atoms with Gasteiger partial charge in [-0.3, -0.25) is 9.10 Å². The molecule has 1 heterocycles. The lowest BCUT2D eigenvalue weighted by molar-refractivity contribution is -0.114. The Kier molecular flexibility index (Phi) is 5.10. The summed E-state index contributed by atoms with van der Waals surface area (Å²) >= 11 is 3.38. The lowest BCUT2D eigenvalue weighted by Crippen LogP contribution is -2.37. The fourth-order valence-electron chi connectivity index (χ4n) is 2.49. The number of benzene rings is 2. The molecule has 26 heavy (non-hydrogen) atoms. The summed E-state index contributed by atoms with van der Waals surface area (Å²) in [6.45, 7) is 1.65. The quantitative estimate of drug-likeness (QED) is 0.772. The summed E-state index contributed by atoms with van der Waals surface area (Å²) in [7, 11) is -3.63. The molecule has 0 fully saturated rings. The molecule has 2 aromatic rings. The molecule has 1 amide bonds. The van der Waals surface area contributed by atoms with Crippen LogP contribution in [0.3, 0.4) is 0 Å². The van der Waals surface area contributed by atoms with Crippen molar-refractivity contribution in [3.63, 3.8) is 0 Å². The molecule has 0 unspecified atom stereocenters. The highest BCUT2D eigenvalue weighted by molar-refractivity contribution is 9.10. The Balaban J connectivity index is 1.78. The molecule has 1 aliphatic heterocycles. The lowest BCUT2D eigenvalue weighted by Gasteiger charge is -2.22. The fraction of sp³-hybridized carbons (Fsp3) is 0.235. The van der Waals surface area contributed by atoms with E-state index in [9.17, 15) is 13.2 Å². The summed E-state index contributed by atoms with van der Waals surface area (Å²) in [6.07, 6.45) is 1.07. The maximum absolute atomic E-state index is 12.4. The summed E-state index contributed by atoms with van der Waals surface area (Å²) in [4.78, 5) is 12.4. The van der Waals surface area contributed by atoms with Crippen LogP contribution in [-0.4, -0.2) is 33.9 Å². The van der Waals surface area contributed by atoms with Gasteiger partial charge in [-0.1, -0.05) is 15.9 Å². The number of carbonyl (C=O) groups is 1. The van der Waals surface area contributed by atoms with Crippen molar-refractivity contribution in [3.8, 4) is 11.5 Å². The first kappa shape index (κ1) is 18.5. The smallest absolute Gasteiger partial charge is 0.245 e. The van der Waals surface area contributed by atoms with Crippen molar-refractivity contribution in [2.24, 2.45) is 0 Å². The van der Waals surface area contributed by atoms with E-state index < -0.39 is 15.9 Å². The van der Waals surface area contributed by atoms with Crippen molar-refractivity contribution in [1.29, 1.82) is 0 Å². The number of nitrogens with one attached hydrogen (secondary N) is 1. The first-order valence-electron chi connectivity index (χ1n) is 7.67. The molecule has 0 saturated carbocycles. The van der Waals surface area contributed by atoms with E-state index in [0.717, 1.165) is 20.6 Å². The minimum Gasteiger partial charge on any atom is -0.454 e. The molecule has 0 aromatic heterocycles. The van der Waals surface area contributed by atoms with Crippen molar-refractivity contribution in [2.75, 3.05) is 29.2 Å². The SMILES string of the molecule is Cc1cc(N(CC(=O)Nc2ccc3c(c2)OCO3)S(C)(=O)=O)ccc1Br. The average molecular weight is 441 g/mol. The normalized spacial score (nSPS) is 12.7. The number of nitrogens with zero attached hydrogens (tertiary/aromatic N) is 1. The van der Waals surface area contributed by atoms with E-state index in [-0.39, 0.29) is 13.3 Å². The third-order valence-corrected chi connectivity index (χ3v) is 5.80. The number of aryl methyl sites for hydroxylation is 1. The van der Waals surface area contributed by atoms with Gasteiger partial charge < -0.3 is 14.8 Å². The molecule has 2 aromatic carbocycles. The predicted molar refractivity (Wildman–Crippen MR) is 102 cm³/mol. The van der Waals surface area contributed by atoms with Crippen molar-refractivity contribution in [1.82, 2.24) is 0 Å². The van der Waals surface area contributed by atoms with Crippen molar-refractivity contribution >= 4 is 43.2 Å². The van der Waals surface area contributed by atoms with Crippen LogP contribution in [0.4, 0.5) is 11.4 Å². The monoisotopic (exact) mass is 440 g/mol. The van der Waals surface area contributed by atoms with Crippen LogP contribution in [0.15, 0.2) is 40.9 Å². The minimum atomic E-state index is -3.63. The van der Waals surface area contributed by atoms with Crippen molar-refractivity contribution in [3.05, 3.63) is 46.4 Å². The molecule has 0 aliphatic carbocycles. The second kappa shape index (κ2) is 7.16. The second-order valence-electron chi connectivity index (χ2n) is 5.82. The number of anilines is 2. The van der Waals surface area contributed by atoms with Gasteiger partial charge in [0.1, 0.15) is 6.54 Å². The van der Waals surface area contributed by atoms with Crippen molar-refractivity contribution in [2.45, 2.75) is 6.92 Å². The molecule has 138 valence electrons. The van der Waals surface area contributed by atoms with Crippen molar-refractivity contribution < 1.29 is 22.7 Å². The van der Waals surface area contributed by atoms with Gasteiger partial charge in [-0.2, -0.15) is 0 Å². The number of hydrogen-bond acceptors (Lipinski definition) is 5. The molecule has 1 N–H and O–H groups in total. The van der Waals surface area contributed by atoms with Gasteiger partial charge in [0.25, 0.3) is 0 Å². The number of carbonyl (C=O) groups excluding carboxylic acids is 1. The van der Waals surface area contributed by atoms with Gasteiger partial charge in [0.05, 0.1) is 11.9 Å². The Morgan fingerprint density at radius 2 is 1.92 bits per heavy atom. The number of halogens is 1. The number of fused-ring (bicyclic) bond motifs is 1. The van der Waals surface area contributed by atoms with E-state index >= 15 is 0 Å². The van der Waals surface area contributed by atoms with Crippen LogP contribution in [0.2, 0.25) is 0 Å². The maximum atomic E-state index is 12.4. The van der Waals surface area contributed by atoms with Gasteiger partial charge in [-0.25, -0.2) is 8.42 Å². The number of sulfonamides is 1. The molecule has 0 bridgehead atoms. The third-order valence-electron chi connectivity index (χ3n) is 3.77. The van der Waals surface area contributed by atoms with E-state index in [1.54, 1.807) is 36.4 Å². The second-order valence-corrected chi connectivity index (χ2v) is 8.58. The van der Waals surface area contributed by atoms with Gasteiger partial charge in [-0.05, 0) is 42.8 Å². The van der Waals surface area contributed by atoms with Gasteiger partial charge in [0, 0.05) is 16.2 Å². The zero-order valence-corrected chi connectivity index (χ0v) is 16.6. The van der Waals surface area contributed by atoms with Crippen LogP contribution >= 0.6 is 15.9 Å². The molecule has 0 atom stereocenters. The first-order chi connectivity index (χ1) is 12.2. The van der Waals surface area contributed by atoms with Gasteiger partial charge in [-0.15, -0.1) is 0 Å². The average Bonchev–Trinajstić information content (AvgIpc) is 3.02. The molecule has 0 saturated heterocycles. The Labute approximate surface area is 160 Å². The molecule has 9 heteroatoms. The number of amides is 1. The van der Waals surface area contributed by atoms with E-state index in [2.05, 4.69) is 21.2 Å². The Morgan fingerprint density at radius 1 is 1.19 bits per heavy atom. The molecule has 0 radical (unpaired) electrons. The topological polar surface area (TPSA) is 84.9 Å². The molecule has 3 rings (SSSR count). The molecule has 0 spiro atoms. The highest BCUT2D eigenvalue weighted by Gasteiger charge is 2.22. The van der Waals surface area contributed by atoms with E-state index in [1.807, 2.05) is 6.92 Å². The summed E-state index contributed by atoms with van der Waals surface area (Å²) in [5.41, 5.74) is 1.79. The molecule has 7 nitrogen and oxygen atoms in total.